The lowest BCUT2D eigenvalue weighted by molar-refractivity contribution is 0.617. The fourth-order valence-corrected chi connectivity index (χ4v) is 2.91. The number of nitrogens with zero attached hydrogens (tertiary/aromatic N) is 2. The second kappa shape index (κ2) is 5.88. The number of H-pyrrole nitrogens is 1. The van der Waals surface area contributed by atoms with Crippen molar-refractivity contribution in [2.45, 2.75) is 0 Å². The molecule has 0 aromatic carbocycles. The summed E-state index contributed by atoms with van der Waals surface area (Å²) >= 11 is 1.97. The summed E-state index contributed by atoms with van der Waals surface area (Å²) in [6.45, 7) is 4.05. The zero-order valence-electron chi connectivity index (χ0n) is 11.5. The van der Waals surface area contributed by atoms with Crippen LogP contribution in [0.4, 0.5) is 4.39 Å². The molecule has 0 fully saturated rings. The minimum atomic E-state index is -0.364. The van der Waals surface area contributed by atoms with Gasteiger partial charge in [-0.15, -0.1) is 0 Å². The van der Waals surface area contributed by atoms with Crippen molar-refractivity contribution in [3.8, 4) is 0 Å². The summed E-state index contributed by atoms with van der Waals surface area (Å²) in [5.41, 5.74) is 7.91. The Hall–Kier alpha value is -2.22. The van der Waals surface area contributed by atoms with Crippen LogP contribution in [0.1, 0.15) is 5.56 Å². The molecule has 0 saturated carbocycles. The van der Waals surface area contributed by atoms with Crippen LogP contribution in [0.5, 0.6) is 0 Å². The predicted octanol–water partition coefficient (Wildman–Crippen LogP) is 1.89. The molecule has 110 valence electrons. The van der Waals surface area contributed by atoms with Gasteiger partial charge in [-0.1, -0.05) is 12.6 Å². The van der Waals surface area contributed by atoms with E-state index in [2.05, 4.69) is 21.5 Å². The van der Waals surface area contributed by atoms with Gasteiger partial charge >= 0.3 is 0 Å². The van der Waals surface area contributed by atoms with Gasteiger partial charge in [0.1, 0.15) is 5.65 Å². The van der Waals surface area contributed by atoms with Crippen molar-refractivity contribution in [3.63, 3.8) is 0 Å². The Kier molecular flexibility index (Phi) is 3.93. The van der Waals surface area contributed by atoms with Gasteiger partial charge in [0.05, 0.1) is 15.1 Å². The first kappa shape index (κ1) is 14.7. The fourth-order valence-electron chi connectivity index (χ4n) is 2.23. The Bertz CT molecular complexity index is 977. The van der Waals surface area contributed by atoms with E-state index in [9.17, 15) is 4.39 Å². The molecular formula is C16H12FIN4. The van der Waals surface area contributed by atoms with E-state index in [4.69, 9.17) is 5.73 Å². The number of nitrogens with one attached hydrogen (secondary N) is 1. The largest absolute Gasteiger partial charge is 0.403 e. The molecule has 0 aliphatic rings. The van der Waals surface area contributed by atoms with E-state index in [0.717, 1.165) is 16.4 Å². The number of aromatic amines is 1. The summed E-state index contributed by atoms with van der Waals surface area (Å²) in [5.74, 6) is -0.364. The SMILES string of the molecule is C=C(/C=c1\c(=C/N)[nH]c2ncc(F)c(I)c12)c1cccnc1. The van der Waals surface area contributed by atoms with Gasteiger partial charge in [-0.25, -0.2) is 9.37 Å². The average Bonchev–Trinajstić information content (AvgIpc) is 2.90. The molecule has 4 nitrogen and oxygen atoms in total. The molecular weight excluding hydrogens is 394 g/mol. The van der Waals surface area contributed by atoms with Crippen LogP contribution < -0.4 is 16.3 Å². The van der Waals surface area contributed by atoms with Crippen molar-refractivity contribution in [2.75, 3.05) is 0 Å². The van der Waals surface area contributed by atoms with E-state index in [0.29, 0.717) is 20.0 Å². The van der Waals surface area contributed by atoms with Gasteiger partial charge < -0.3 is 10.7 Å². The molecule has 3 aromatic heterocycles. The summed E-state index contributed by atoms with van der Waals surface area (Å²) in [6, 6.07) is 3.75. The number of hydrogen-bond donors (Lipinski definition) is 2. The van der Waals surface area contributed by atoms with Crippen molar-refractivity contribution in [2.24, 2.45) is 5.73 Å². The maximum absolute atomic E-state index is 13.8. The highest BCUT2D eigenvalue weighted by Crippen LogP contribution is 2.18. The maximum Gasteiger partial charge on any atom is 0.155 e. The number of pyridine rings is 2. The summed E-state index contributed by atoms with van der Waals surface area (Å²) in [4.78, 5) is 11.2. The lowest BCUT2D eigenvalue weighted by atomic mass is 10.1. The number of nitrogens with two attached hydrogens (primary N) is 1. The van der Waals surface area contributed by atoms with Crippen LogP contribution in [0.3, 0.4) is 0 Å². The van der Waals surface area contributed by atoms with Gasteiger partial charge in [-0.3, -0.25) is 4.98 Å². The van der Waals surface area contributed by atoms with Gasteiger partial charge in [0.25, 0.3) is 0 Å². The lowest BCUT2D eigenvalue weighted by Crippen LogP contribution is -2.24. The first-order valence-electron chi connectivity index (χ1n) is 6.46. The molecule has 3 N–H and O–H groups in total. The zero-order valence-corrected chi connectivity index (χ0v) is 13.6. The van der Waals surface area contributed by atoms with E-state index in [1.54, 1.807) is 12.4 Å². The Morgan fingerprint density at radius 2 is 2.23 bits per heavy atom. The molecule has 0 atom stereocenters. The first-order valence-corrected chi connectivity index (χ1v) is 7.54. The minimum Gasteiger partial charge on any atom is -0.403 e. The average molecular weight is 406 g/mol. The Labute approximate surface area is 139 Å². The second-order valence-electron chi connectivity index (χ2n) is 4.67. The molecule has 0 amide bonds. The van der Waals surface area contributed by atoms with Crippen LogP contribution in [0.2, 0.25) is 0 Å². The van der Waals surface area contributed by atoms with Crippen LogP contribution >= 0.6 is 22.6 Å². The third kappa shape index (κ3) is 2.50. The van der Waals surface area contributed by atoms with E-state index >= 15 is 0 Å². The summed E-state index contributed by atoms with van der Waals surface area (Å²) in [7, 11) is 0. The molecule has 0 saturated heterocycles. The standard InChI is InChI=1S/C16H12FIN4/c1-9(10-3-2-4-20-7-10)5-11-13(6-19)22-16-14(11)15(18)12(17)8-21-16/h2-8H,1,19H2,(H,21,22)/b11-5+,13-6+. The Morgan fingerprint density at radius 1 is 1.41 bits per heavy atom. The topological polar surface area (TPSA) is 67.6 Å². The first-order chi connectivity index (χ1) is 10.6. The van der Waals surface area contributed by atoms with Crippen molar-refractivity contribution < 1.29 is 4.39 Å². The summed E-state index contributed by atoms with van der Waals surface area (Å²) < 4.78 is 14.3. The van der Waals surface area contributed by atoms with Gasteiger partial charge in [-0.05, 0) is 45.9 Å². The molecule has 0 aliphatic heterocycles. The highest BCUT2D eigenvalue weighted by molar-refractivity contribution is 14.1. The smallest absolute Gasteiger partial charge is 0.155 e. The Balaban J connectivity index is 2.33. The number of fused-ring (bicyclic) bond motifs is 1. The number of halogens is 2. The normalized spacial score (nSPS) is 13.0. The van der Waals surface area contributed by atoms with Gasteiger partial charge in [0.15, 0.2) is 5.82 Å². The zero-order chi connectivity index (χ0) is 15.7. The van der Waals surface area contributed by atoms with Crippen LogP contribution in [0.25, 0.3) is 28.9 Å². The molecule has 3 rings (SSSR count). The van der Waals surface area contributed by atoms with E-state index in [-0.39, 0.29) is 5.82 Å². The monoisotopic (exact) mass is 406 g/mol. The molecule has 22 heavy (non-hydrogen) atoms. The predicted molar refractivity (Wildman–Crippen MR) is 94.4 cm³/mol. The van der Waals surface area contributed by atoms with Crippen molar-refractivity contribution in [1.82, 2.24) is 15.0 Å². The van der Waals surface area contributed by atoms with Crippen molar-refractivity contribution in [1.29, 1.82) is 0 Å². The number of rotatable bonds is 2. The highest BCUT2D eigenvalue weighted by Gasteiger charge is 2.10. The van der Waals surface area contributed by atoms with Gasteiger partial charge in [0.2, 0.25) is 0 Å². The summed E-state index contributed by atoms with van der Waals surface area (Å²) in [5, 5.41) is 2.14. The number of allylic oxidation sites excluding steroid dienone is 1. The molecule has 0 spiro atoms. The molecule has 0 unspecified atom stereocenters. The van der Waals surface area contributed by atoms with Crippen LogP contribution in [-0.4, -0.2) is 15.0 Å². The molecule has 3 aromatic rings. The second-order valence-corrected chi connectivity index (χ2v) is 5.75. The number of hydrogen-bond acceptors (Lipinski definition) is 3. The Morgan fingerprint density at radius 3 is 2.91 bits per heavy atom. The number of aromatic nitrogens is 3. The van der Waals surface area contributed by atoms with E-state index in [1.165, 1.54) is 12.4 Å². The quantitative estimate of drug-likeness (QED) is 0.639. The van der Waals surface area contributed by atoms with Gasteiger partial charge in [-0.2, -0.15) is 0 Å². The van der Waals surface area contributed by atoms with E-state index < -0.39 is 0 Å². The third-order valence-corrected chi connectivity index (χ3v) is 4.36. The van der Waals surface area contributed by atoms with Gasteiger partial charge in [0, 0.05) is 29.2 Å². The summed E-state index contributed by atoms with van der Waals surface area (Å²) in [6.07, 6.45) is 7.92. The fraction of sp³-hybridized carbons (Fsp3) is 0. The molecule has 0 bridgehead atoms. The van der Waals surface area contributed by atoms with E-state index in [1.807, 2.05) is 40.8 Å². The minimum absolute atomic E-state index is 0.364. The van der Waals surface area contributed by atoms with Crippen LogP contribution in [-0.2, 0) is 0 Å². The molecule has 0 aliphatic carbocycles. The molecule has 3 heterocycles. The highest BCUT2D eigenvalue weighted by atomic mass is 127. The maximum atomic E-state index is 13.8. The van der Waals surface area contributed by atoms with Crippen LogP contribution in [0, 0.1) is 9.39 Å². The van der Waals surface area contributed by atoms with Crippen molar-refractivity contribution in [3.05, 3.63) is 62.8 Å². The van der Waals surface area contributed by atoms with Crippen molar-refractivity contribution >= 4 is 51.5 Å². The third-order valence-electron chi connectivity index (χ3n) is 3.30. The molecule has 6 heteroatoms. The lowest BCUT2D eigenvalue weighted by Gasteiger charge is -1.99. The van der Waals surface area contributed by atoms with Crippen LogP contribution in [0.15, 0.2) is 37.3 Å². The molecule has 0 radical (unpaired) electrons.